The third-order valence-corrected chi connectivity index (χ3v) is 6.09. The second-order valence-corrected chi connectivity index (χ2v) is 8.87. The summed E-state index contributed by atoms with van der Waals surface area (Å²) in [5.74, 6) is 0.968. The quantitative estimate of drug-likeness (QED) is 0.318. The first-order valence-corrected chi connectivity index (χ1v) is 11.2. The van der Waals surface area contributed by atoms with E-state index in [-0.39, 0.29) is 17.7 Å². The average Bonchev–Trinajstić information content (AvgIpc) is 2.95. The number of carbonyl (C=O) groups is 2. The molecule has 152 valence electrons. The predicted octanol–water partition coefficient (Wildman–Crippen LogP) is 5.98. The lowest BCUT2D eigenvalue weighted by molar-refractivity contribution is -0.123. The molecule has 2 aromatic carbocycles. The molecule has 0 unspecified atom stereocenters. The van der Waals surface area contributed by atoms with Gasteiger partial charge in [0.05, 0.1) is 28.7 Å². The van der Waals surface area contributed by atoms with Crippen molar-refractivity contribution in [3.63, 3.8) is 0 Å². The van der Waals surface area contributed by atoms with Gasteiger partial charge in [-0.1, -0.05) is 30.7 Å². The van der Waals surface area contributed by atoms with Crippen molar-refractivity contribution in [1.82, 2.24) is 4.90 Å². The molecule has 1 saturated heterocycles. The molecule has 0 aromatic heterocycles. The van der Waals surface area contributed by atoms with E-state index in [1.165, 1.54) is 4.90 Å². The first kappa shape index (κ1) is 22.0. The Hall–Kier alpha value is -1.71. The Morgan fingerprint density at radius 3 is 2.59 bits per heavy atom. The van der Waals surface area contributed by atoms with Crippen molar-refractivity contribution in [2.45, 2.75) is 19.9 Å². The fraction of sp³-hybridized carbons (Fsp3) is 0.238. The normalized spacial score (nSPS) is 15.3. The Bertz CT molecular complexity index is 962. The SMILES string of the molecule is CCCOc1c(I)cc(/C=C2\SC(=O)N(Cc3ccc(Cl)cc3)C2=O)cc1OC. The summed E-state index contributed by atoms with van der Waals surface area (Å²) >= 11 is 9.01. The van der Waals surface area contributed by atoms with Crippen LogP contribution in [0.4, 0.5) is 4.79 Å². The van der Waals surface area contributed by atoms with Crippen LogP contribution in [-0.4, -0.2) is 29.8 Å². The predicted molar refractivity (Wildman–Crippen MR) is 124 cm³/mol. The van der Waals surface area contributed by atoms with Crippen LogP contribution in [-0.2, 0) is 11.3 Å². The summed E-state index contributed by atoms with van der Waals surface area (Å²) in [6.45, 7) is 2.84. The molecule has 2 aromatic rings. The van der Waals surface area contributed by atoms with Crippen LogP contribution in [0.5, 0.6) is 11.5 Å². The summed E-state index contributed by atoms with van der Waals surface area (Å²) in [6, 6.07) is 10.8. The Labute approximate surface area is 192 Å². The number of halogens is 2. The lowest BCUT2D eigenvalue weighted by atomic mass is 10.1. The number of hydrogen-bond donors (Lipinski definition) is 0. The smallest absolute Gasteiger partial charge is 0.293 e. The van der Waals surface area contributed by atoms with Crippen molar-refractivity contribution in [3.8, 4) is 11.5 Å². The number of thioether (sulfide) groups is 1. The minimum atomic E-state index is -0.310. The van der Waals surface area contributed by atoms with Gasteiger partial charge < -0.3 is 9.47 Å². The van der Waals surface area contributed by atoms with Crippen molar-refractivity contribution < 1.29 is 19.1 Å². The van der Waals surface area contributed by atoms with Gasteiger partial charge in [-0.25, -0.2) is 0 Å². The zero-order valence-corrected chi connectivity index (χ0v) is 19.6. The Balaban J connectivity index is 1.83. The van der Waals surface area contributed by atoms with Gasteiger partial charge in [0.2, 0.25) is 0 Å². The van der Waals surface area contributed by atoms with Crippen LogP contribution in [0.25, 0.3) is 6.08 Å². The average molecular weight is 544 g/mol. The molecular formula is C21H19ClINO4S. The molecule has 0 bridgehead atoms. The lowest BCUT2D eigenvalue weighted by Crippen LogP contribution is -2.27. The van der Waals surface area contributed by atoms with E-state index in [1.807, 2.05) is 13.0 Å². The highest BCUT2D eigenvalue weighted by Crippen LogP contribution is 2.37. The van der Waals surface area contributed by atoms with E-state index in [9.17, 15) is 9.59 Å². The van der Waals surface area contributed by atoms with Crippen LogP contribution in [0, 0.1) is 3.57 Å². The molecule has 0 N–H and O–H groups in total. The Kier molecular flexibility index (Phi) is 7.48. The summed E-state index contributed by atoms with van der Waals surface area (Å²) in [6.07, 6.45) is 2.60. The number of hydrogen-bond acceptors (Lipinski definition) is 5. The number of rotatable bonds is 7. The third-order valence-electron chi connectivity index (χ3n) is 4.13. The van der Waals surface area contributed by atoms with Crippen LogP contribution in [0.1, 0.15) is 24.5 Å². The number of nitrogens with zero attached hydrogens (tertiary/aromatic N) is 1. The fourth-order valence-electron chi connectivity index (χ4n) is 2.73. The van der Waals surface area contributed by atoms with Crippen LogP contribution in [0.3, 0.4) is 0 Å². The summed E-state index contributed by atoms with van der Waals surface area (Å²) in [5.41, 5.74) is 1.61. The number of benzene rings is 2. The number of ether oxygens (including phenoxy) is 2. The summed E-state index contributed by atoms with van der Waals surface area (Å²) < 4.78 is 12.1. The van der Waals surface area contributed by atoms with Gasteiger partial charge >= 0.3 is 0 Å². The lowest BCUT2D eigenvalue weighted by Gasteiger charge is -2.13. The molecule has 0 radical (unpaired) electrons. The molecule has 1 aliphatic rings. The van der Waals surface area contributed by atoms with Gasteiger partial charge in [0.25, 0.3) is 11.1 Å². The molecule has 2 amide bonds. The molecule has 0 aliphatic carbocycles. The first-order chi connectivity index (χ1) is 13.9. The van der Waals surface area contributed by atoms with Crippen molar-refractivity contribution in [3.05, 3.63) is 61.0 Å². The molecule has 0 atom stereocenters. The molecule has 0 spiro atoms. The first-order valence-electron chi connectivity index (χ1n) is 8.93. The highest BCUT2D eigenvalue weighted by atomic mass is 127. The van der Waals surface area contributed by atoms with Gasteiger partial charge in [-0.15, -0.1) is 0 Å². The zero-order valence-electron chi connectivity index (χ0n) is 15.9. The zero-order chi connectivity index (χ0) is 21.0. The number of amides is 2. The van der Waals surface area contributed by atoms with Crippen molar-refractivity contribution in [2.75, 3.05) is 13.7 Å². The number of carbonyl (C=O) groups excluding carboxylic acids is 2. The van der Waals surface area contributed by atoms with Crippen LogP contribution in [0.2, 0.25) is 5.02 Å². The largest absolute Gasteiger partial charge is 0.493 e. The van der Waals surface area contributed by atoms with Gasteiger partial charge in [0.1, 0.15) is 0 Å². The molecule has 1 fully saturated rings. The monoisotopic (exact) mass is 543 g/mol. The van der Waals surface area contributed by atoms with Crippen LogP contribution in [0.15, 0.2) is 41.3 Å². The van der Waals surface area contributed by atoms with Gasteiger partial charge in [-0.3, -0.25) is 14.5 Å². The minimum Gasteiger partial charge on any atom is -0.493 e. The summed E-state index contributed by atoms with van der Waals surface area (Å²) in [7, 11) is 1.58. The fourth-order valence-corrected chi connectivity index (χ4v) is 4.47. The standard InChI is InChI=1S/C21H19ClINO4S/c1-3-8-28-19-16(23)9-14(10-17(19)27-2)11-18-20(25)24(21(26)29-18)12-13-4-6-15(22)7-5-13/h4-7,9-11H,3,8,12H2,1-2H3/b18-11-. The van der Waals surface area contributed by atoms with E-state index < -0.39 is 0 Å². The van der Waals surface area contributed by atoms with E-state index in [0.717, 1.165) is 32.9 Å². The van der Waals surface area contributed by atoms with Crippen LogP contribution >= 0.6 is 46.0 Å². The maximum Gasteiger partial charge on any atom is 0.293 e. The second kappa shape index (κ2) is 9.86. The third kappa shape index (κ3) is 5.26. The molecule has 0 saturated carbocycles. The molecule has 8 heteroatoms. The van der Waals surface area contributed by atoms with Gasteiger partial charge in [-0.2, -0.15) is 0 Å². The van der Waals surface area contributed by atoms with E-state index in [2.05, 4.69) is 22.6 Å². The molecule has 3 rings (SSSR count). The topological polar surface area (TPSA) is 55.8 Å². The van der Waals surface area contributed by atoms with Gasteiger partial charge in [0.15, 0.2) is 11.5 Å². The Morgan fingerprint density at radius 1 is 1.21 bits per heavy atom. The van der Waals surface area contributed by atoms with Gasteiger partial charge in [-0.05, 0) is 82.2 Å². The number of methoxy groups -OCH3 is 1. The molecule has 1 heterocycles. The minimum absolute atomic E-state index is 0.212. The van der Waals surface area contributed by atoms with Gasteiger partial charge in [0, 0.05) is 5.02 Å². The second-order valence-electron chi connectivity index (χ2n) is 6.28. The van der Waals surface area contributed by atoms with E-state index in [1.54, 1.807) is 43.5 Å². The van der Waals surface area contributed by atoms with E-state index in [0.29, 0.717) is 28.0 Å². The van der Waals surface area contributed by atoms with Crippen molar-refractivity contribution >= 4 is 63.2 Å². The molecule has 5 nitrogen and oxygen atoms in total. The maximum absolute atomic E-state index is 12.8. The van der Waals surface area contributed by atoms with Crippen molar-refractivity contribution in [1.29, 1.82) is 0 Å². The number of imide groups is 1. The Morgan fingerprint density at radius 2 is 1.93 bits per heavy atom. The molecular weight excluding hydrogens is 525 g/mol. The van der Waals surface area contributed by atoms with E-state index in [4.69, 9.17) is 21.1 Å². The summed E-state index contributed by atoms with van der Waals surface area (Å²) in [5, 5.41) is 0.318. The summed E-state index contributed by atoms with van der Waals surface area (Å²) in [4.78, 5) is 26.8. The van der Waals surface area contributed by atoms with Crippen molar-refractivity contribution in [2.24, 2.45) is 0 Å². The maximum atomic E-state index is 12.8. The highest BCUT2D eigenvalue weighted by molar-refractivity contribution is 14.1. The highest BCUT2D eigenvalue weighted by Gasteiger charge is 2.35. The van der Waals surface area contributed by atoms with E-state index >= 15 is 0 Å². The van der Waals surface area contributed by atoms with Crippen LogP contribution < -0.4 is 9.47 Å². The molecule has 1 aliphatic heterocycles. The molecule has 29 heavy (non-hydrogen) atoms.